The van der Waals surface area contributed by atoms with Crippen molar-refractivity contribution in [2.75, 3.05) is 25.0 Å². The molecule has 0 aromatic heterocycles. The van der Waals surface area contributed by atoms with Crippen molar-refractivity contribution in [3.05, 3.63) is 29.8 Å². The van der Waals surface area contributed by atoms with Gasteiger partial charge in [0.1, 0.15) is 0 Å². The van der Waals surface area contributed by atoms with Crippen LogP contribution in [-0.2, 0) is 19.7 Å². The smallest absolute Gasteiger partial charge is 0.309 e. The highest BCUT2D eigenvalue weighted by Crippen LogP contribution is 2.24. The molecule has 0 radical (unpaired) electrons. The number of hydrogen-bond acceptors (Lipinski definition) is 4. The molecular weight excluding hydrogens is 328 g/mol. The van der Waals surface area contributed by atoms with Crippen LogP contribution in [-0.4, -0.2) is 42.5 Å². The van der Waals surface area contributed by atoms with Crippen LogP contribution in [0.25, 0.3) is 0 Å². The largest absolute Gasteiger partial charge is 0.466 e. The van der Waals surface area contributed by atoms with Crippen molar-refractivity contribution in [2.45, 2.75) is 58.9 Å². The molecule has 1 heterocycles. The zero-order valence-electron chi connectivity index (χ0n) is 16.7. The molecule has 1 saturated heterocycles. The van der Waals surface area contributed by atoms with E-state index in [2.05, 4.69) is 43.1 Å². The van der Waals surface area contributed by atoms with Gasteiger partial charge in [-0.1, -0.05) is 32.9 Å². The molecule has 2 rings (SSSR count). The van der Waals surface area contributed by atoms with Crippen LogP contribution in [0, 0.1) is 5.92 Å². The highest BCUT2D eigenvalue weighted by molar-refractivity contribution is 5.94. The maximum Gasteiger partial charge on any atom is 0.309 e. The van der Waals surface area contributed by atoms with Crippen molar-refractivity contribution in [1.82, 2.24) is 4.90 Å². The molecule has 1 amide bonds. The van der Waals surface area contributed by atoms with Crippen LogP contribution in [0.3, 0.4) is 0 Å². The van der Waals surface area contributed by atoms with Gasteiger partial charge in [-0.05, 0) is 62.9 Å². The summed E-state index contributed by atoms with van der Waals surface area (Å²) in [5, 5.41) is 3.00. The van der Waals surface area contributed by atoms with E-state index in [9.17, 15) is 9.59 Å². The van der Waals surface area contributed by atoms with Crippen LogP contribution in [0.5, 0.6) is 0 Å². The van der Waals surface area contributed by atoms with Gasteiger partial charge in [-0.2, -0.15) is 0 Å². The van der Waals surface area contributed by atoms with E-state index in [1.165, 1.54) is 5.56 Å². The maximum atomic E-state index is 12.6. The quantitative estimate of drug-likeness (QED) is 0.815. The summed E-state index contributed by atoms with van der Waals surface area (Å²) >= 11 is 0. The third-order valence-electron chi connectivity index (χ3n) is 5.10. The Labute approximate surface area is 157 Å². The van der Waals surface area contributed by atoms with Crippen molar-refractivity contribution >= 4 is 17.6 Å². The van der Waals surface area contributed by atoms with E-state index in [1.54, 1.807) is 0 Å². The number of piperidine rings is 1. The lowest BCUT2D eigenvalue weighted by atomic mass is 9.87. The number of benzene rings is 1. The first kappa shape index (κ1) is 20.4. The third kappa shape index (κ3) is 5.31. The van der Waals surface area contributed by atoms with Gasteiger partial charge in [0.05, 0.1) is 18.6 Å². The van der Waals surface area contributed by atoms with Gasteiger partial charge in [-0.25, -0.2) is 0 Å². The van der Waals surface area contributed by atoms with E-state index in [4.69, 9.17) is 4.74 Å². The van der Waals surface area contributed by atoms with Crippen molar-refractivity contribution in [1.29, 1.82) is 0 Å². The number of esters is 1. The standard InChI is InChI=1S/C21H32N2O3/c1-6-26-20(25)16-11-13-23(14-12-16)15(2)19(24)22-18-9-7-17(8-10-18)21(3,4)5/h7-10,15-16H,6,11-14H2,1-5H3,(H,22,24). The predicted molar refractivity (Wildman–Crippen MR) is 104 cm³/mol. The fourth-order valence-corrected chi connectivity index (χ4v) is 3.25. The van der Waals surface area contributed by atoms with Crippen molar-refractivity contribution in [3.8, 4) is 0 Å². The molecule has 0 spiro atoms. The fraction of sp³-hybridized carbons (Fsp3) is 0.619. The fourth-order valence-electron chi connectivity index (χ4n) is 3.25. The van der Waals surface area contributed by atoms with E-state index >= 15 is 0 Å². The van der Waals surface area contributed by atoms with Crippen molar-refractivity contribution < 1.29 is 14.3 Å². The minimum Gasteiger partial charge on any atom is -0.466 e. The topological polar surface area (TPSA) is 58.6 Å². The minimum absolute atomic E-state index is 0.0110. The number of amides is 1. The summed E-state index contributed by atoms with van der Waals surface area (Å²) in [5.74, 6) is -0.155. The van der Waals surface area contributed by atoms with E-state index in [1.807, 2.05) is 26.0 Å². The highest BCUT2D eigenvalue weighted by Gasteiger charge is 2.30. The van der Waals surface area contributed by atoms with Gasteiger partial charge < -0.3 is 10.1 Å². The first-order valence-electron chi connectivity index (χ1n) is 9.54. The number of hydrogen-bond donors (Lipinski definition) is 1. The molecule has 0 saturated carbocycles. The van der Waals surface area contributed by atoms with E-state index in [-0.39, 0.29) is 29.3 Å². The lowest BCUT2D eigenvalue weighted by molar-refractivity contribution is -0.149. The van der Waals surface area contributed by atoms with Gasteiger partial charge in [-0.15, -0.1) is 0 Å². The number of nitrogens with one attached hydrogen (secondary N) is 1. The molecule has 1 unspecified atom stereocenters. The summed E-state index contributed by atoms with van der Waals surface area (Å²) < 4.78 is 5.10. The Kier molecular flexibility index (Phi) is 6.81. The number of carbonyl (C=O) groups is 2. The third-order valence-corrected chi connectivity index (χ3v) is 5.10. The number of nitrogens with zero attached hydrogens (tertiary/aromatic N) is 1. The molecule has 1 aromatic carbocycles. The summed E-state index contributed by atoms with van der Waals surface area (Å²) in [7, 11) is 0. The molecular formula is C21H32N2O3. The molecule has 26 heavy (non-hydrogen) atoms. The molecule has 1 N–H and O–H groups in total. The van der Waals surface area contributed by atoms with Crippen LogP contribution < -0.4 is 5.32 Å². The predicted octanol–water partition coefficient (Wildman–Crippen LogP) is 3.59. The number of likely N-dealkylation sites (tertiary alicyclic amines) is 1. The second-order valence-corrected chi connectivity index (χ2v) is 8.05. The first-order chi connectivity index (χ1) is 12.2. The number of ether oxygens (including phenoxy) is 1. The Morgan fingerprint density at radius 2 is 1.77 bits per heavy atom. The summed E-state index contributed by atoms with van der Waals surface area (Å²) in [4.78, 5) is 26.5. The lowest BCUT2D eigenvalue weighted by Gasteiger charge is -2.34. The van der Waals surface area contributed by atoms with Crippen LogP contribution in [0.4, 0.5) is 5.69 Å². The average molecular weight is 360 g/mol. The highest BCUT2D eigenvalue weighted by atomic mass is 16.5. The molecule has 0 aliphatic carbocycles. The Hall–Kier alpha value is -1.88. The number of carbonyl (C=O) groups excluding carboxylic acids is 2. The summed E-state index contributed by atoms with van der Waals surface area (Å²) in [6.45, 7) is 12.2. The molecule has 5 heteroatoms. The summed E-state index contributed by atoms with van der Waals surface area (Å²) in [6.07, 6.45) is 1.49. The molecule has 1 aliphatic rings. The molecule has 5 nitrogen and oxygen atoms in total. The summed E-state index contributed by atoms with van der Waals surface area (Å²) in [5.41, 5.74) is 2.15. The minimum atomic E-state index is -0.222. The van der Waals surface area contributed by atoms with Crippen LogP contribution in [0.1, 0.15) is 53.0 Å². The van der Waals surface area contributed by atoms with E-state index in [0.717, 1.165) is 31.6 Å². The average Bonchev–Trinajstić information content (AvgIpc) is 2.61. The molecule has 1 atom stereocenters. The Bertz CT molecular complexity index is 611. The van der Waals surface area contributed by atoms with Crippen molar-refractivity contribution in [3.63, 3.8) is 0 Å². The maximum absolute atomic E-state index is 12.6. The van der Waals surface area contributed by atoms with Gasteiger partial charge in [0.25, 0.3) is 0 Å². The molecule has 144 valence electrons. The first-order valence-corrected chi connectivity index (χ1v) is 9.54. The number of rotatable bonds is 5. The van der Waals surface area contributed by atoms with E-state index in [0.29, 0.717) is 6.61 Å². The molecule has 1 aliphatic heterocycles. The molecule has 1 fully saturated rings. The van der Waals surface area contributed by atoms with Crippen LogP contribution >= 0.6 is 0 Å². The second kappa shape index (κ2) is 8.67. The lowest BCUT2D eigenvalue weighted by Crippen LogP contribution is -2.47. The van der Waals surface area contributed by atoms with Gasteiger partial charge in [0, 0.05) is 5.69 Å². The van der Waals surface area contributed by atoms with Crippen LogP contribution in [0.15, 0.2) is 24.3 Å². The van der Waals surface area contributed by atoms with Crippen molar-refractivity contribution in [2.24, 2.45) is 5.92 Å². The van der Waals surface area contributed by atoms with Gasteiger partial charge >= 0.3 is 5.97 Å². The number of anilines is 1. The summed E-state index contributed by atoms with van der Waals surface area (Å²) in [6, 6.07) is 7.81. The monoisotopic (exact) mass is 360 g/mol. The normalized spacial score (nSPS) is 17.6. The Morgan fingerprint density at radius 3 is 2.27 bits per heavy atom. The molecule has 1 aromatic rings. The van der Waals surface area contributed by atoms with E-state index < -0.39 is 0 Å². The Balaban J connectivity index is 1.87. The zero-order valence-corrected chi connectivity index (χ0v) is 16.7. The van der Waals surface area contributed by atoms with Crippen LogP contribution in [0.2, 0.25) is 0 Å². The zero-order chi connectivity index (χ0) is 19.3. The second-order valence-electron chi connectivity index (χ2n) is 8.05. The van der Waals surface area contributed by atoms with Gasteiger partial charge in [0.2, 0.25) is 5.91 Å². The molecule has 0 bridgehead atoms. The SMILES string of the molecule is CCOC(=O)C1CCN(C(C)C(=O)Nc2ccc(C(C)(C)C)cc2)CC1. The Morgan fingerprint density at radius 1 is 1.19 bits per heavy atom. The van der Waals surface area contributed by atoms with Gasteiger partial charge in [0.15, 0.2) is 0 Å². The van der Waals surface area contributed by atoms with Gasteiger partial charge in [-0.3, -0.25) is 14.5 Å².